The van der Waals surface area contributed by atoms with E-state index in [1.807, 2.05) is 24.8 Å². The number of hydrogen-bond donors (Lipinski definition) is 0. The third-order valence-corrected chi connectivity index (χ3v) is 10.5. The summed E-state index contributed by atoms with van der Waals surface area (Å²) in [6.45, 7) is 13.8. The smallest absolute Gasteiger partial charge is 0.248 e. The zero-order valence-corrected chi connectivity index (χ0v) is 23.7. The Morgan fingerprint density at radius 1 is 1.06 bits per heavy atom. The molecule has 0 bridgehead atoms. The maximum Gasteiger partial charge on any atom is 0.248 e. The number of likely N-dealkylation sites (tertiary alicyclic amines) is 1. The largest absolute Gasteiger partial charge is 0.501 e. The molecule has 0 aromatic heterocycles. The van der Waals surface area contributed by atoms with Crippen LogP contribution >= 0.6 is 0 Å². The van der Waals surface area contributed by atoms with Crippen LogP contribution in [0.5, 0.6) is 0 Å². The van der Waals surface area contributed by atoms with Crippen molar-refractivity contribution in [2.45, 2.75) is 64.5 Å². The van der Waals surface area contributed by atoms with E-state index in [4.69, 9.17) is 9.47 Å². The molecule has 0 aromatic carbocycles. The molecule has 0 aromatic rings. The van der Waals surface area contributed by atoms with Crippen molar-refractivity contribution in [3.63, 3.8) is 0 Å². The molecule has 36 heavy (non-hydrogen) atoms. The fourth-order valence-corrected chi connectivity index (χ4v) is 7.59. The second-order valence-electron chi connectivity index (χ2n) is 10.6. The van der Waals surface area contributed by atoms with Crippen LogP contribution in [0, 0.1) is 5.92 Å². The summed E-state index contributed by atoms with van der Waals surface area (Å²) >= 11 is 0. The molecular formula is C27H47N3O5S. The third kappa shape index (κ3) is 8.04. The highest BCUT2D eigenvalue weighted by Gasteiger charge is 2.33. The highest BCUT2D eigenvalue weighted by molar-refractivity contribution is 7.95. The number of piperazine rings is 1. The predicted octanol–water partition coefficient (Wildman–Crippen LogP) is 3.06. The molecule has 1 amide bonds. The molecule has 2 heterocycles. The van der Waals surface area contributed by atoms with Crippen LogP contribution in [0.15, 0.2) is 22.3 Å². The number of piperidine rings is 1. The van der Waals surface area contributed by atoms with Crippen LogP contribution in [0.25, 0.3) is 0 Å². The number of carbonyl (C=O) groups is 1. The number of sulfone groups is 1. The van der Waals surface area contributed by atoms with E-state index in [2.05, 4.69) is 9.80 Å². The lowest BCUT2D eigenvalue weighted by Crippen LogP contribution is -2.50. The van der Waals surface area contributed by atoms with Crippen LogP contribution in [-0.2, 0) is 24.1 Å². The summed E-state index contributed by atoms with van der Waals surface area (Å²) in [6, 6.07) is 0. The van der Waals surface area contributed by atoms with Gasteiger partial charge in [0.2, 0.25) is 5.91 Å². The second-order valence-corrected chi connectivity index (χ2v) is 13.0. The zero-order valence-electron chi connectivity index (χ0n) is 22.8. The molecular weight excluding hydrogens is 478 g/mol. The fraction of sp³-hybridized carbons (Fsp3) is 0.815. The number of ether oxygens (including phenoxy) is 2. The van der Waals surface area contributed by atoms with Gasteiger partial charge in [-0.1, -0.05) is 13.3 Å². The molecule has 2 saturated heterocycles. The Labute approximate surface area is 218 Å². The van der Waals surface area contributed by atoms with Crippen LogP contribution < -0.4 is 0 Å². The Bertz CT molecular complexity index is 887. The van der Waals surface area contributed by atoms with Gasteiger partial charge in [-0.2, -0.15) is 0 Å². The van der Waals surface area contributed by atoms with Crippen molar-refractivity contribution in [3.05, 3.63) is 22.3 Å². The van der Waals surface area contributed by atoms with Crippen molar-refractivity contribution in [1.82, 2.24) is 14.7 Å². The molecule has 9 heteroatoms. The van der Waals surface area contributed by atoms with Crippen molar-refractivity contribution in [2.75, 3.05) is 72.7 Å². The van der Waals surface area contributed by atoms with E-state index in [9.17, 15) is 13.2 Å². The standard InChI is InChI=1S/C27H47N3O5S/c1-22-19-25(34-4)20-23(2)27(22)36(32,33)24(3)9-18-35-21-26(31)30-16-14-29(15-17-30)13-8-12-28-10-6-5-7-11-28/h19,23-24H,5-18,20-21H2,1-4H3. The average Bonchev–Trinajstić information content (AvgIpc) is 2.86. The number of allylic oxidation sites excluding steroid dienone is 4. The van der Waals surface area contributed by atoms with Crippen molar-refractivity contribution in [3.8, 4) is 0 Å². The molecule has 2 unspecified atom stereocenters. The topological polar surface area (TPSA) is 79.4 Å². The van der Waals surface area contributed by atoms with Crippen molar-refractivity contribution < 1.29 is 22.7 Å². The number of methoxy groups -OCH3 is 1. The Morgan fingerprint density at radius 3 is 2.31 bits per heavy atom. The minimum absolute atomic E-state index is 0.00448. The molecule has 8 nitrogen and oxygen atoms in total. The molecule has 0 radical (unpaired) electrons. The lowest BCUT2D eigenvalue weighted by atomic mass is 9.97. The van der Waals surface area contributed by atoms with Crippen LogP contribution in [0.4, 0.5) is 0 Å². The van der Waals surface area contributed by atoms with Gasteiger partial charge in [-0.25, -0.2) is 8.42 Å². The lowest BCUT2D eigenvalue weighted by molar-refractivity contribution is -0.137. The van der Waals surface area contributed by atoms with Gasteiger partial charge in [0.1, 0.15) is 6.61 Å². The molecule has 2 aliphatic heterocycles. The van der Waals surface area contributed by atoms with Crippen LogP contribution in [0.1, 0.15) is 59.3 Å². The van der Waals surface area contributed by atoms with Gasteiger partial charge in [-0.3, -0.25) is 9.69 Å². The van der Waals surface area contributed by atoms with Gasteiger partial charge in [-0.15, -0.1) is 0 Å². The average molecular weight is 526 g/mol. The number of hydrogen-bond acceptors (Lipinski definition) is 7. The van der Waals surface area contributed by atoms with Gasteiger partial charge in [0.25, 0.3) is 0 Å². The normalized spacial score (nSPS) is 23.5. The quantitative estimate of drug-likeness (QED) is 0.362. The van der Waals surface area contributed by atoms with Gasteiger partial charge < -0.3 is 19.3 Å². The Morgan fingerprint density at radius 2 is 1.69 bits per heavy atom. The molecule has 2 fully saturated rings. The van der Waals surface area contributed by atoms with Gasteiger partial charge in [-0.05, 0) is 83.3 Å². The minimum atomic E-state index is -3.44. The van der Waals surface area contributed by atoms with Crippen molar-refractivity contribution >= 4 is 15.7 Å². The summed E-state index contributed by atoms with van der Waals surface area (Å²) in [5.41, 5.74) is 0.749. The maximum absolute atomic E-state index is 13.2. The second kappa shape index (κ2) is 13.9. The van der Waals surface area contributed by atoms with E-state index in [0.29, 0.717) is 17.7 Å². The van der Waals surface area contributed by atoms with Crippen molar-refractivity contribution in [1.29, 1.82) is 0 Å². The fourth-order valence-electron chi connectivity index (χ4n) is 5.60. The molecule has 0 saturated carbocycles. The summed E-state index contributed by atoms with van der Waals surface area (Å²) in [4.78, 5) is 20.0. The first kappa shape index (κ1) is 29.1. The first-order valence-corrected chi connectivity index (χ1v) is 15.3. The van der Waals surface area contributed by atoms with E-state index in [-0.39, 0.29) is 25.0 Å². The van der Waals surface area contributed by atoms with E-state index < -0.39 is 15.1 Å². The Hall–Kier alpha value is -1.42. The molecule has 2 atom stereocenters. The van der Waals surface area contributed by atoms with E-state index in [1.165, 1.54) is 45.3 Å². The summed E-state index contributed by atoms with van der Waals surface area (Å²) in [5, 5.41) is -0.564. The van der Waals surface area contributed by atoms with Crippen LogP contribution in [0.3, 0.4) is 0 Å². The monoisotopic (exact) mass is 525 g/mol. The number of nitrogens with zero attached hydrogens (tertiary/aromatic N) is 3. The van der Waals surface area contributed by atoms with Gasteiger partial charge >= 0.3 is 0 Å². The van der Waals surface area contributed by atoms with Crippen LogP contribution in [-0.4, -0.2) is 107 Å². The number of rotatable bonds is 12. The summed E-state index contributed by atoms with van der Waals surface area (Å²) in [7, 11) is -1.82. The van der Waals surface area contributed by atoms with Gasteiger partial charge in [0, 0.05) is 39.2 Å². The predicted molar refractivity (Wildman–Crippen MR) is 143 cm³/mol. The molecule has 0 N–H and O–H groups in total. The SMILES string of the molecule is COC1=CC(C)=C(S(=O)(=O)C(C)CCOCC(=O)N2CCN(CCCN3CCCCC3)CC2)C(C)C1. The highest BCUT2D eigenvalue weighted by atomic mass is 32.2. The Kier molecular flexibility index (Phi) is 11.3. The first-order valence-electron chi connectivity index (χ1n) is 13.7. The molecule has 0 spiro atoms. The molecule has 3 rings (SSSR count). The Balaban J connectivity index is 1.33. The maximum atomic E-state index is 13.2. The zero-order chi connectivity index (χ0) is 26.1. The summed E-state index contributed by atoms with van der Waals surface area (Å²) < 4.78 is 37.4. The number of carbonyl (C=O) groups excluding carboxylic acids is 1. The van der Waals surface area contributed by atoms with Gasteiger partial charge in [0.05, 0.1) is 23.0 Å². The van der Waals surface area contributed by atoms with E-state index >= 15 is 0 Å². The summed E-state index contributed by atoms with van der Waals surface area (Å²) in [5.74, 6) is 0.699. The third-order valence-electron chi connectivity index (χ3n) is 7.84. The number of amides is 1. The van der Waals surface area contributed by atoms with Crippen LogP contribution in [0.2, 0.25) is 0 Å². The van der Waals surface area contributed by atoms with E-state index in [0.717, 1.165) is 44.1 Å². The molecule has 206 valence electrons. The lowest BCUT2D eigenvalue weighted by Gasteiger charge is -2.35. The minimum Gasteiger partial charge on any atom is -0.501 e. The highest BCUT2D eigenvalue weighted by Crippen LogP contribution is 2.35. The summed E-state index contributed by atoms with van der Waals surface area (Å²) in [6.07, 6.45) is 8.01. The molecule has 3 aliphatic rings. The van der Waals surface area contributed by atoms with Gasteiger partial charge in [0.15, 0.2) is 9.84 Å². The van der Waals surface area contributed by atoms with E-state index in [1.54, 1.807) is 14.0 Å². The molecule has 1 aliphatic carbocycles. The van der Waals surface area contributed by atoms with Crippen molar-refractivity contribution in [2.24, 2.45) is 5.92 Å². The first-order chi connectivity index (χ1) is 17.2.